The van der Waals surface area contributed by atoms with Gasteiger partial charge in [-0.25, -0.2) is 4.39 Å². The summed E-state index contributed by atoms with van der Waals surface area (Å²) in [6.45, 7) is -2.21. The van der Waals surface area contributed by atoms with Gasteiger partial charge in [0.2, 0.25) is 6.86 Å². The monoisotopic (exact) mass is 573 g/mol. The van der Waals surface area contributed by atoms with Crippen LogP contribution in [0.2, 0.25) is 0 Å². The molecular formula is C30H35F4N5O2. The number of fused-ring (bicyclic) bond motifs is 1. The van der Waals surface area contributed by atoms with E-state index in [4.69, 9.17) is 4.74 Å². The lowest BCUT2D eigenvalue weighted by molar-refractivity contribution is -0.140. The minimum Gasteiger partial charge on any atom is -0.461 e. The molecule has 1 fully saturated rings. The average Bonchev–Trinajstić information content (AvgIpc) is 3.28. The zero-order valence-corrected chi connectivity index (χ0v) is 23.4. The number of benzene rings is 2. The Hall–Kier alpha value is -3.91. The number of carbonyl (C=O) groups excluding carboxylic acids is 1. The molecule has 0 bridgehead atoms. The van der Waals surface area contributed by atoms with Crippen molar-refractivity contribution in [2.75, 3.05) is 45.2 Å². The Morgan fingerprint density at radius 2 is 1.85 bits per heavy atom. The Balaban J connectivity index is 1.56. The number of alkyl halides is 4. The highest BCUT2D eigenvalue weighted by atomic mass is 19.4. The third kappa shape index (κ3) is 7.64. The topological polar surface area (TPSA) is 70.6 Å². The van der Waals surface area contributed by atoms with Crippen LogP contribution in [0.5, 0.6) is 5.75 Å². The quantitative estimate of drug-likeness (QED) is 0.229. The number of nitrogens with zero attached hydrogens (tertiary/aromatic N) is 2. The largest absolute Gasteiger partial charge is 0.461 e. The maximum atomic E-state index is 13.6. The molecule has 1 amide bonds. The molecule has 11 heteroatoms. The second kappa shape index (κ2) is 13.2. The molecule has 0 aliphatic heterocycles. The summed E-state index contributed by atoms with van der Waals surface area (Å²) in [5.74, 6) is 5.51. The summed E-state index contributed by atoms with van der Waals surface area (Å²) >= 11 is 0. The maximum Gasteiger partial charge on any atom is 0.406 e. The highest BCUT2D eigenvalue weighted by Crippen LogP contribution is 2.32. The van der Waals surface area contributed by atoms with Gasteiger partial charge < -0.3 is 30.2 Å². The molecule has 1 heterocycles. The molecule has 220 valence electrons. The first-order valence-electron chi connectivity index (χ1n) is 13.5. The molecule has 1 aliphatic carbocycles. The highest BCUT2D eigenvalue weighted by Gasteiger charge is 2.30. The van der Waals surface area contributed by atoms with Crippen LogP contribution >= 0.6 is 0 Å². The Morgan fingerprint density at radius 3 is 2.51 bits per heavy atom. The summed E-state index contributed by atoms with van der Waals surface area (Å²) in [6.07, 6.45) is -0.337. The van der Waals surface area contributed by atoms with Crippen molar-refractivity contribution in [2.24, 2.45) is 0 Å². The van der Waals surface area contributed by atoms with Crippen molar-refractivity contribution in [3.05, 3.63) is 53.7 Å². The molecule has 3 N–H and O–H groups in total. The Kier molecular flexibility index (Phi) is 9.65. The van der Waals surface area contributed by atoms with E-state index in [1.165, 1.54) is 17.7 Å². The minimum atomic E-state index is -4.43. The van der Waals surface area contributed by atoms with Crippen LogP contribution in [-0.4, -0.2) is 68.2 Å². The Labute approximate surface area is 237 Å². The van der Waals surface area contributed by atoms with E-state index in [2.05, 4.69) is 46.8 Å². The van der Waals surface area contributed by atoms with Gasteiger partial charge in [-0.2, -0.15) is 13.2 Å². The molecule has 1 aliphatic rings. The van der Waals surface area contributed by atoms with E-state index in [1.807, 2.05) is 6.07 Å². The summed E-state index contributed by atoms with van der Waals surface area (Å²) in [4.78, 5) is 14.1. The molecular weight excluding hydrogens is 538 g/mol. The first-order valence-corrected chi connectivity index (χ1v) is 13.5. The number of hydrogen-bond donors (Lipinski definition) is 3. The molecule has 1 saturated carbocycles. The lowest BCUT2D eigenvalue weighted by atomic mass is 9.90. The van der Waals surface area contributed by atoms with Crippen molar-refractivity contribution in [1.82, 2.24) is 14.8 Å². The van der Waals surface area contributed by atoms with Gasteiger partial charge in [0.15, 0.2) is 0 Å². The van der Waals surface area contributed by atoms with E-state index >= 15 is 0 Å². The molecule has 0 spiro atoms. The van der Waals surface area contributed by atoms with Crippen molar-refractivity contribution in [3.63, 3.8) is 0 Å². The van der Waals surface area contributed by atoms with Gasteiger partial charge in [0.25, 0.3) is 5.91 Å². The minimum absolute atomic E-state index is 0.0513. The number of rotatable bonds is 9. The van der Waals surface area contributed by atoms with Crippen molar-refractivity contribution in [1.29, 1.82) is 0 Å². The van der Waals surface area contributed by atoms with E-state index in [-0.39, 0.29) is 29.9 Å². The predicted molar refractivity (Wildman–Crippen MR) is 153 cm³/mol. The SMILES string of the molecule is CNC(=O)c1ccc(NCC#Cc2cc3c(N[C@H]4CC[C@@H](N(C)C)CC4)cccc3n2CC(F)(F)F)c(OCF)c1. The Bertz CT molecular complexity index is 1420. The summed E-state index contributed by atoms with van der Waals surface area (Å²) < 4.78 is 59.8. The summed E-state index contributed by atoms with van der Waals surface area (Å²) in [5, 5.41) is 9.72. The van der Waals surface area contributed by atoms with Gasteiger partial charge in [0.05, 0.1) is 23.4 Å². The number of nitrogens with one attached hydrogen (secondary N) is 3. The zero-order chi connectivity index (χ0) is 29.6. The molecule has 0 unspecified atom stereocenters. The number of anilines is 2. The second-order valence-electron chi connectivity index (χ2n) is 10.3. The van der Waals surface area contributed by atoms with Crippen LogP contribution in [0.3, 0.4) is 0 Å². The number of amides is 1. The lowest BCUT2D eigenvalue weighted by Crippen LogP contribution is -2.36. The van der Waals surface area contributed by atoms with Crippen LogP contribution in [0.4, 0.5) is 28.9 Å². The van der Waals surface area contributed by atoms with Crippen molar-refractivity contribution < 1.29 is 27.1 Å². The van der Waals surface area contributed by atoms with E-state index in [9.17, 15) is 22.4 Å². The molecule has 0 atom stereocenters. The van der Waals surface area contributed by atoms with Crippen LogP contribution in [0.15, 0.2) is 42.5 Å². The van der Waals surface area contributed by atoms with Gasteiger partial charge in [-0.15, -0.1) is 0 Å². The molecule has 3 aromatic rings. The molecule has 4 rings (SSSR count). The van der Waals surface area contributed by atoms with E-state index < -0.39 is 19.6 Å². The first-order chi connectivity index (χ1) is 19.6. The van der Waals surface area contributed by atoms with Gasteiger partial charge in [-0.05, 0) is 82.1 Å². The summed E-state index contributed by atoms with van der Waals surface area (Å²) in [7, 11) is 5.65. The van der Waals surface area contributed by atoms with E-state index in [0.717, 1.165) is 31.4 Å². The van der Waals surface area contributed by atoms with Crippen LogP contribution in [0.25, 0.3) is 10.9 Å². The van der Waals surface area contributed by atoms with Crippen molar-refractivity contribution in [3.8, 4) is 17.6 Å². The van der Waals surface area contributed by atoms with Gasteiger partial charge in [-0.3, -0.25) is 4.79 Å². The number of hydrogen-bond acceptors (Lipinski definition) is 5. The van der Waals surface area contributed by atoms with Gasteiger partial charge in [-0.1, -0.05) is 12.0 Å². The van der Waals surface area contributed by atoms with Crippen LogP contribution in [0, 0.1) is 11.8 Å². The molecule has 0 saturated heterocycles. The average molecular weight is 574 g/mol. The number of carbonyl (C=O) groups is 1. The summed E-state index contributed by atoms with van der Waals surface area (Å²) in [6, 6.07) is 12.3. The van der Waals surface area contributed by atoms with E-state index in [1.54, 1.807) is 30.3 Å². The van der Waals surface area contributed by atoms with E-state index in [0.29, 0.717) is 28.2 Å². The van der Waals surface area contributed by atoms with Crippen molar-refractivity contribution >= 4 is 28.2 Å². The fraction of sp³-hybridized carbons (Fsp3) is 0.433. The van der Waals surface area contributed by atoms with Crippen LogP contribution < -0.4 is 20.7 Å². The molecule has 7 nitrogen and oxygen atoms in total. The van der Waals surface area contributed by atoms with Crippen LogP contribution in [0.1, 0.15) is 41.7 Å². The lowest BCUT2D eigenvalue weighted by Gasteiger charge is -2.33. The maximum absolute atomic E-state index is 13.6. The smallest absolute Gasteiger partial charge is 0.406 e. The van der Waals surface area contributed by atoms with Gasteiger partial charge in [0.1, 0.15) is 12.3 Å². The fourth-order valence-electron chi connectivity index (χ4n) is 5.23. The molecule has 1 aromatic heterocycles. The second-order valence-corrected chi connectivity index (χ2v) is 10.3. The number of aromatic nitrogens is 1. The molecule has 2 aromatic carbocycles. The standard InChI is InChI=1S/C30H35F4N5O2/c1-35-29(40)20-9-14-26(28(16-20)41-19-31)36-15-5-6-23-17-24-25(37-21-10-12-22(13-11-21)38(2)3)7-4-8-27(24)39(23)18-30(32,33)34/h4,7-9,14,16-17,21-22,36-37H,10-13,15,18-19H2,1-3H3,(H,35,40)/t21-,22+. The van der Waals surface area contributed by atoms with Crippen LogP contribution in [-0.2, 0) is 6.54 Å². The van der Waals surface area contributed by atoms with Gasteiger partial charge >= 0.3 is 6.18 Å². The predicted octanol–water partition coefficient (Wildman–Crippen LogP) is 5.62. The number of halogens is 4. The highest BCUT2D eigenvalue weighted by molar-refractivity contribution is 5.95. The van der Waals surface area contributed by atoms with Crippen molar-refractivity contribution in [2.45, 2.75) is 50.5 Å². The molecule has 0 radical (unpaired) electrons. The third-order valence-electron chi connectivity index (χ3n) is 7.33. The van der Waals surface area contributed by atoms with Gasteiger partial charge in [0, 0.05) is 35.8 Å². The fourth-order valence-corrected chi connectivity index (χ4v) is 5.23. The third-order valence-corrected chi connectivity index (χ3v) is 7.33. The molecule has 41 heavy (non-hydrogen) atoms. The zero-order valence-electron chi connectivity index (χ0n) is 23.4. The normalized spacial score (nSPS) is 17.2. The first kappa shape index (κ1) is 30.1. The summed E-state index contributed by atoms with van der Waals surface area (Å²) in [5.41, 5.74) is 2.17. The number of ether oxygens (including phenoxy) is 1. The Morgan fingerprint density at radius 1 is 1.10 bits per heavy atom.